The van der Waals surface area contributed by atoms with E-state index in [-0.39, 0.29) is 24.0 Å². The number of rotatable bonds is 7. The van der Waals surface area contributed by atoms with Gasteiger partial charge in [-0.25, -0.2) is 9.59 Å². The van der Waals surface area contributed by atoms with Crippen LogP contribution in [0.5, 0.6) is 11.5 Å². The molecule has 8 heteroatoms. The van der Waals surface area contributed by atoms with Crippen molar-refractivity contribution in [1.82, 2.24) is 5.32 Å². The van der Waals surface area contributed by atoms with Crippen molar-refractivity contribution in [2.75, 3.05) is 14.2 Å². The van der Waals surface area contributed by atoms with Crippen molar-refractivity contribution in [1.29, 1.82) is 0 Å². The first-order valence-electron chi connectivity index (χ1n) is 8.02. The summed E-state index contributed by atoms with van der Waals surface area (Å²) in [6.07, 6.45) is -0.0525. The van der Waals surface area contributed by atoms with E-state index in [4.69, 9.17) is 19.0 Å². The van der Waals surface area contributed by atoms with E-state index in [1.54, 1.807) is 26.0 Å². The zero-order valence-corrected chi connectivity index (χ0v) is 15.0. The van der Waals surface area contributed by atoms with Crippen molar-refractivity contribution >= 4 is 22.8 Å². The van der Waals surface area contributed by atoms with Gasteiger partial charge in [0.1, 0.15) is 23.1 Å². The number of carbonyl (C=O) groups is 2. The number of fused-ring (bicyclic) bond motifs is 1. The van der Waals surface area contributed by atoms with E-state index in [0.29, 0.717) is 22.4 Å². The Hall–Kier alpha value is -3.03. The van der Waals surface area contributed by atoms with E-state index in [2.05, 4.69) is 5.32 Å². The summed E-state index contributed by atoms with van der Waals surface area (Å²) >= 11 is 0. The van der Waals surface area contributed by atoms with Gasteiger partial charge in [-0.3, -0.25) is 4.79 Å². The Balaban J connectivity index is 2.47. The summed E-state index contributed by atoms with van der Waals surface area (Å²) in [5.74, 6) is -0.785. The zero-order chi connectivity index (χ0) is 19.4. The lowest BCUT2D eigenvalue weighted by molar-refractivity contribution is -0.141. The largest absolute Gasteiger partial charge is 0.496 e. The molecule has 0 aliphatic carbocycles. The molecule has 8 nitrogen and oxygen atoms in total. The van der Waals surface area contributed by atoms with Crippen LogP contribution in [-0.4, -0.2) is 37.2 Å². The fraction of sp³-hybridized carbons (Fsp3) is 0.389. The van der Waals surface area contributed by atoms with Gasteiger partial charge in [-0.1, -0.05) is 6.92 Å². The molecule has 2 aromatic rings. The lowest BCUT2D eigenvalue weighted by Crippen LogP contribution is -2.41. The first-order chi connectivity index (χ1) is 12.3. The number of carboxylic acid groups (broad SMARTS) is 1. The van der Waals surface area contributed by atoms with Gasteiger partial charge in [-0.05, 0) is 18.9 Å². The Labute approximate surface area is 149 Å². The average Bonchev–Trinajstić information content (AvgIpc) is 2.61. The van der Waals surface area contributed by atoms with Crippen molar-refractivity contribution in [2.24, 2.45) is 0 Å². The summed E-state index contributed by atoms with van der Waals surface area (Å²) in [7, 11) is 2.96. The predicted molar refractivity (Wildman–Crippen MR) is 93.9 cm³/mol. The molecule has 1 atom stereocenters. The highest BCUT2D eigenvalue weighted by Crippen LogP contribution is 2.33. The number of aryl methyl sites for hydroxylation is 1. The van der Waals surface area contributed by atoms with Crippen LogP contribution in [0, 0.1) is 6.92 Å². The van der Waals surface area contributed by atoms with Gasteiger partial charge in [-0.2, -0.15) is 0 Å². The minimum Gasteiger partial charge on any atom is -0.496 e. The van der Waals surface area contributed by atoms with Crippen LogP contribution in [0.4, 0.5) is 0 Å². The summed E-state index contributed by atoms with van der Waals surface area (Å²) in [5.41, 5.74) is 0.307. The maximum absolute atomic E-state index is 12.3. The van der Waals surface area contributed by atoms with E-state index in [1.807, 2.05) is 0 Å². The molecule has 0 aliphatic heterocycles. The Morgan fingerprint density at radius 2 is 1.96 bits per heavy atom. The van der Waals surface area contributed by atoms with Gasteiger partial charge in [0.15, 0.2) is 0 Å². The minimum absolute atomic E-state index is 0.152. The van der Waals surface area contributed by atoms with Crippen molar-refractivity contribution in [3.8, 4) is 11.5 Å². The Kier molecular flexibility index (Phi) is 5.86. The third-order valence-electron chi connectivity index (χ3n) is 4.15. The number of methoxy groups -OCH3 is 2. The molecule has 0 fully saturated rings. The first kappa shape index (κ1) is 19.3. The number of amides is 1. The molecule has 1 amide bonds. The van der Waals surface area contributed by atoms with Crippen molar-refractivity contribution in [3.05, 3.63) is 33.7 Å². The molecule has 0 radical (unpaired) electrons. The van der Waals surface area contributed by atoms with Crippen LogP contribution in [0.15, 0.2) is 21.3 Å². The highest BCUT2D eigenvalue weighted by atomic mass is 16.5. The molecule has 1 heterocycles. The van der Waals surface area contributed by atoms with Crippen molar-refractivity contribution in [2.45, 2.75) is 32.7 Å². The second-order valence-electron chi connectivity index (χ2n) is 5.74. The van der Waals surface area contributed by atoms with E-state index in [9.17, 15) is 14.4 Å². The van der Waals surface area contributed by atoms with Crippen molar-refractivity contribution in [3.63, 3.8) is 0 Å². The lowest BCUT2D eigenvalue weighted by Gasteiger charge is -2.14. The van der Waals surface area contributed by atoms with Gasteiger partial charge < -0.3 is 24.3 Å². The number of carboxylic acids is 1. The van der Waals surface area contributed by atoms with Crippen LogP contribution in [0.3, 0.4) is 0 Å². The summed E-state index contributed by atoms with van der Waals surface area (Å²) in [5, 5.41) is 12.0. The topological polar surface area (TPSA) is 115 Å². The van der Waals surface area contributed by atoms with Crippen LogP contribution in [0.25, 0.3) is 11.0 Å². The Morgan fingerprint density at radius 1 is 1.27 bits per heavy atom. The van der Waals surface area contributed by atoms with Crippen molar-refractivity contribution < 1.29 is 28.6 Å². The van der Waals surface area contributed by atoms with E-state index in [0.717, 1.165) is 0 Å². The van der Waals surface area contributed by atoms with Gasteiger partial charge >= 0.3 is 11.6 Å². The van der Waals surface area contributed by atoms with E-state index >= 15 is 0 Å². The first-order valence-corrected chi connectivity index (χ1v) is 8.02. The molecule has 0 saturated carbocycles. The number of hydrogen-bond acceptors (Lipinski definition) is 6. The number of ether oxygens (including phenoxy) is 2. The molecular formula is C18H21NO7. The maximum atomic E-state index is 12.3. The smallest absolute Gasteiger partial charge is 0.340 e. The molecule has 1 aromatic carbocycles. The molecule has 26 heavy (non-hydrogen) atoms. The quantitative estimate of drug-likeness (QED) is 0.719. The molecule has 0 saturated heterocycles. The second kappa shape index (κ2) is 7.90. The third-order valence-corrected chi connectivity index (χ3v) is 4.15. The van der Waals surface area contributed by atoms with E-state index < -0.39 is 23.5 Å². The highest BCUT2D eigenvalue weighted by molar-refractivity contribution is 5.91. The average molecular weight is 363 g/mol. The fourth-order valence-electron chi connectivity index (χ4n) is 2.71. The van der Waals surface area contributed by atoms with Gasteiger partial charge in [0.25, 0.3) is 0 Å². The van der Waals surface area contributed by atoms with Crippen LogP contribution < -0.4 is 20.4 Å². The standard InChI is InChI=1S/C18H21NO7/c1-5-12(17(21)22)19-15(20)8-11-9(2)16-13(25-4)6-10(24-3)7-14(16)26-18(11)23/h6-7,12H,5,8H2,1-4H3,(H,19,20)(H,21,22)/t12-/m1/s1. The van der Waals surface area contributed by atoms with Gasteiger partial charge in [0, 0.05) is 12.1 Å². The normalized spacial score (nSPS) is 11.8. The number of aliphatic carboxylic acids is 1. The Bertz CT molecular complexity index is 901. The number of benzene rings is 1. The van der Waals surface area contributed by atoms with Gasteiger partial charge in [-0.15, -0.1) is 0 Å². The minimum atomic E-state index is -1.13. The number of carbonyl (C=O) groups excluding carboxylic acids is 1. The number of nitrogens with one attached hydrogen (secondary N) is 1. The summed E-state index contributed by atoms with van der Waals surface area (Å²) in [6, 6.07) is 2.21. The predicted octanol–water partition coefficient (Wildman–Crippen LogP) is 1.64. The zero-order valence-electron chi connectivity index (χ0n) is 15.0. The van der Waals surface area contributed by atoms with Gasteiger partial charge in [0.2, 0.25) is 5.91 Å². The molecule has 0 unspecified atom stereocenters. The number of hydrogen-bond donors (Lipinski definition) is 2. The monoisotopic (exact) mass is 363 g/mol. The summed E-state index contributed by atoms with van der Waals surface area (Å²) in [6.45, 7) is 3.33. The molecule has 0 aliphatic rings. The summed E-state index contributed by atoms with van der Waals surface area (Å²) in [4.78, 5) is 35.6. The molecule has 2 rings (SSSR count). The lowest BCUT2D eigenvalue weighted by atomic mass is 10.0. The highest BCUT2D eigenvalue weighted by Gasteiger charge is 2.22. The SMILES string of the molecule is CC[C@@H](NC(=O)Cc1c(C)c2c(OC)cc(OC)cc2oc1=O)C(=O)O. The van der Waals surface area contributed by atoms with Crippen LogP contribution >= 0.6 is 0 Å². The molecule has 140 valence electrons. The molecule has 1 aromatic heterocycles. The van der Waals surface area contributed by atoms with E-state index in [1.165, 1.54) is 14.2 Å². The fourth-order valence-corrected chi connectivity index (χ4v) is 2.71. The Morgan fingerprint density at radius 3 is 2.50 bits per heavy atom. The molecule has 0 spiro atoms. The molecule has 0 bridgehead atoms. The third kappa shape index (κ3) is 3.79. The molecule has 2 N–H and O–H groups in total. The summed E-state index contributed by atoms with van der Waals surface area (Å²) < 4.78 is 15.8. The van der Waals surface area contributed by atoms with Crippen LogP contribution in [0.1, 0.15) is 24.5 Å². The van der Waals surface area contributed by atoms with Crippen LogP contribution in [0.2, 0.25) is 0 Å². The maximum Gasteiger partial charge on any atom is 0.340 e. The van der Waals surface area contributed by atoms with Crippen LogP contribution in [-0.2, 0) is 16.0 Å². The van der Waals surface area contributed by atoms with Gasteiger partial charge in [0.05, 0.1) is 31.6 Å². The second-order valence-corrected chi connectivity index (χ2v) is 5.74. The molecular weight excluding hydrogens is 342 g/mol.